The fourth-order valence-corrected chi connectivity index (χ4v) is 1.98. The number of likely N-dealkylation sites (tertiary alicyclic amines) is 1. The number of nitrogens with zero attached hydrogens (tertiary/aromatic N) is 1. The minimum atomic E-state index is -0.457. The van der Waals surface area contributed by atoms with Crippen LogP contribution >= 0.6 is 0 Å². The summed E-state index contributed by atoms with van der Waals surface area (Å²) < 4.78 is 9.92. The number of carbonyl (C=O) groups is 2. The zero-order valence-electron chi connectivity index (χ0n) is 11.7. The lowest BCUT2D eigenvalue weighted by molar-refractivity contribution is -0.140. The SMILES string of the molecule is COC(=O)CC[C@H]1CCN(C(=O)OC(C)(C)C)C1. The van der Waals surface area contributed by atoms with Gasteiger partial charge < -0.3 is 14.4 Å². The zero-order chi connectivity index (χ0) is 13.8. The first-order valence-corrected chi connectivity index (χ1v) is 6.36. The molecule has 1 heterocycles. The van der Waals surface area contributed by atoms with Gasteiger partial charge >= 0.3 is 12.1 Å². The van der Waals surface area contributed by atoms with Gasteiger partial charge in [-0.05, 0) is 39.5 Å². The van der Waals surface area contributed by atoms with Crippen LogP contribution in [-0.4, -0.2) is 42.8 Å². The minimum Gasteiger partial charge on any atom is -0.469 e. The normalized spacial score (nSPS) is 19.8. The summed E-state index contributed by atoms with van der Waals surface area (Å²) in [5.41, 5.74) is -0.457. The van der Waals surface area contributed by atoms with Crippen molar-refractivity contribution in [2.24, 2.45) is 5.92 Å². The fourth-order valence-electron chi connectivity index (χ4n) is 1.98. The van der Waals surface area contributed by atoms with Crippen LogP contribution in [0.3, 0.4) is 0 Å². The van der Waals surface area contributed by atoms with Crippen LogP contribution in [0, 0.1) is 5.92 Å². The van der Waals surface area contributed by atoms with E-state index in [1.165, 1.54) is 7.11 Å². The maximum absolute atomic E-state index is 11.8. The Bertz CT molecular complexity index is 309. The summed E-state index contributed by atoms with van der Waals surface area (Å²) in [5, 5.41) is 0. The lowest BCUT2D eigenvalue weighted by atomic mass is 10.0. The molecule has 18 heavy (non-hydrogen) atoms. The van der Waals surface area contributed by atoms with Crippen molar-refractivity contribution in [2.75, 3.05) is 20.2 Å². The highest BCUT2D eigenvalue weighted by Gasteiger charge is 2.29. The van der Waals surface area contributed by atoms with Gasteiger partial charge in [-0.2, -0.15) is 0 Å². The molecule has 0 aliphatic carbocycles. The van der Waals surface area contributed by atoms with Crippen molar-refractivity contribution in [2.45, 2.75) is 45.6 Å². The second-order valence-corrected chi connectivity index (χ2v) is 5.70. The third-order valence-electron chi connectivity index (χ3n) is 2.92. The number of amides is 1. The van der Waals surface area contributed by atoms with E-state index in [4.69, 9.17) is 4.74 Å². The molecule has 0 aromatic carbocycles. The minimum absolute atomic E-state index is 0.189. The Kier molecular flexibility index (Phi) is 4.99. The van der Waals surface area contributed by atoms with Gasteiger partial charge in [0.25, 0.3) is 0 Å². The van der Waals surface area contributed by atoms with Crippen LogP contribution in [0.5, 0.6) is 0 Å². The van der Waals surface area contributed by atoms with E-state index in [9.17, 15) is 9.59 Å². The summed E-state index contributed by atoms with van der Waals surface area (Å²) in [6, 6.07) is 0. The first-order chi connectivity index (χ1) is 8.31. The highest BCUT2D eigenvalue weighted by atomic mass is 16.6. The largest absolute Gasteiger partial charge is 0.469 e. The molecular weight excluding hydrogens is 234 g/mol. The Morgan fingerprint density at radius 1 is 1.33 bits per heavy atom. The van der Waals surface area contributed by atoms with E-state index < -0.39 is 5.60 Å². The highest BCUT2D eigenvalue weighted by Crippen LogP contribution is 2.23. The van der Waals surface area contributed by atoms with Crippen LogP contribution in [0.2, 0.25) is 0 Å². The molecule has 1 saturated heterocycles. The van der Waals surface area contributed by atoms with Crippen molar-refractivity contribution < 1.29 is 19.1 Å². The Hall–Kier alpha value is -1.26. The molecule has 5 heteroatoms. The van der Waals surface area contributed by atoms with Gasteiger partial charge in [-0.15, -0.1) is 0 Å². The number of ether oxygens (including phenoxy) is 2. The molecule has 1 fully saturated rings. The Morgan fingerprint density at radius 3 is 2.56 bits per heavy atom. The van der Waals surface area contributed by atoms with Gasteiger partial charge in [0.1, 0.15) is 5.60 Å². The molecule has 1 atom stereocenters. The van der Waals surface area contributed by atoms with Crippen molar-refractivity contribution >= 4 is 12.1 Å². The number of hydrogen-bond donors (Lipinski definition) is 0. The van der Waals surface area contributed by atoms with Gasteiger partial charge in [0.2, 0.25) is 0 Å². The van der Waals surface area contributed by atoms with Gasteiger partial charge in [-0.3, -0.25) is 4.79 Å². The molecule has 0 aromatic heterocycles. The fraction of sp³-hybridized carbons (Fsp3) is 0.846. The van der Waals surface area contributed by atoms with Gasteiger partial charge in [0.15, 0.2) is 0 Å². The van der Waals surface area contributed by atoms with Crippen molar-refractivity contribution in [1.29, 1.82) is 0 Å². The molecule has 0 aromatic rings. The second-order valence-electron chi connectivity index (χ2n) is 5.70. The summed E-state index contributed by atoms with van der Waals surface area (Å²) in [6.07, 6.45) is 1.86. The monoisotopic (exact) mass is 257 g/mol. The van der Waals surface area contributed by atoms with Gasteiger partial charge in [0.05, 0.1) is 7.11 Å². The van der Waals surface area contributed by atoms with Crippen LogP contribution in [0.15, 0.2) is 0 Å². The summed E-state index contributed by atoms with van der Waals surface area (Å²) in [4.78, 5) is 24.6. The highest BCUT2D eigenvalue weighted by molar-refractivity contribution is 5.69. The van der Waals surface area contributed by atoms with Gasteiger partial charge in [0, 0.05) is 19.5 Å². The van der Waals surface area contributed by atoms with E-state index in [0.29, 0.717) is 25.4 Å². The van der Waals surface area contributed by atoms with Gasteiger partial charge in [-0.1, -0.05) is 0 Å². The Balaban J connectivity index is 2.32. The average Bonchev–Trinajstić information content (AvgIpc) is 2.72. The standard InChI is InChI=1S/C13H23NO4/c1-13(2,3)18-12(16)14-8-7-10(9-14)5-6-11(15)17-4/h10H,5-9H2,1-4H3/t10-/m0/s1. The first kappa shape index (κ1) is 14.8. The molecule has 0 radical (unpaired) electrons. The molecule has 5 nitrogen and oxygen atoms in total. The number of rotatable bonds is 3. The lowest BCUT2D eigenvalue weighted by Crippen LogP contribution is -2.35. The van der Waals surface area contributed by atoms with Crippen molar-refractivity contribution in [3.8, 4) is 0 Å². The Morgan fingerprint density at radius 2 is 2.00 bits per heavy atom. The van der Waals surface area contributed by atoms with Crippen LogP contribution < -0.4 is 0 Å². The van der Waals surface area contributed by atoms with Crippen molar-refractivity contribution in [1.82, 2.24) is 4.90 Å². The van der Waals surface area contributed by atoms with E-state index in [2.05, 4.69) is 4.74 Å². The molecular formula is C13H23NO4. The average molecular weight is 257 g/mol. The predicted octanol–water partition coefficient (Wildman–Crippen LogP) is 2.20. The smallest absolute Gasteiger partial charge is 0.410 e. The number of hydrogen-bond acceptors (Lipinski definition) is 4. The van der Waals surface area contributed by atoms with E-state index in [1.54, 1.807) is 4.90 Å². The van der Waals surface area contributed by atoms with E-state index in [-0.39, 0.29) is 12.1 Å². The summed E-state index contributed by atoms with van der Waals surface area (Å²) in [6.45, 7) is 6.95. The van der Waals surface area contributed by atoms with Crippen molar-refractivity contribution in [3.63, 3.8) is 0 Å². The summed E-state index contributed by atoms with van der Waals surface area (Å²) >= 11 is 0. The van der Waals surface area contributed by atoms with E-state index in [0.717, 1.165) is 12.8 Å². The first-order valence-electron chi connectivity index (χ1n) is 6.36. The molecule has 0 unspecified atom stereocenters. The quantitative estimate of drug-likeness (QED) is 0.727. The molecule has 0 bridgehead atoms. The molecule has 1 aliphatic heterocycles. The molecule has 1 rings (SSSR count). The topological polar surface area (TPSA) is 55.8 Å². The summed E-state index contributed by atoms with van der Waals surface area (Å²) in [5.74, 6) is 0.183. The van der Waals surface area contributed by atoms with Crippen LogP contribution in [-0.2, 0) is 14.3 Å². The number of carbonyl (C=O) groups excluding carboxylic acids is 2. The predicted molar refractivity (Wildman–Crippen MR) is 67.2 cm³/mol. The molecule has 1 aliphatic rings. The maximum atomic E-state index is 11.8. The third-order valence-corrected chi connectivity index (χ3v) is 2.92. The van der Waals surface area contributed by atoms with Crippen LogP contribution in [0.1, 0.15) is 40.0 Å². The molecule has 0 N–H and O–H groups in total. The van der Waals surface area contributed by atoms with E-state index >= 15 is 0 Å². The number of esters is 1. The molecule has 0 spiro atoms. The number of methoxy groups -OCH3 is 1. The Labute approximate surface area is 108 Å². The van der Waals surface area contributed by atoms with Crippen LogP contribution in [0.4, 0.5) is 4.79 Å². The van der Waals surface area contributed by atoms with E-state index in [1.807, 2.05) is 20.8 Å². The van der Waals surface area contributed by atoms with Crippen molar-refractivity contribution in [3.05, 3.63) is 0 Å². The molecule has 1 amide bonds. The summed E-state index contributed by atoms with van der Waals surface area (Å²) in [7, 11) is 1.39. The maximum Gasteiger partial charge on any atom is 0.410 e. The lowest BCUT2D eigenvalue weighted by Gasteiger charge is -2.24. The van der Waals surface area contributed by atoms with Crippen LogP contribution in [0.25, 0.3) is 0 Å². The molecule has 0 saturated carbocycles. The van der Waals surface area contributed by atoms with Gasteiger partial charge in [-0.25, -0.2) is 4.79 Å². The molecule has 104 valence electrons. The second kappa shape index (κ2) is 6.07. The third kappa shape index (κ3) is 4.94. The zero-order valence-corrected chi connectivity index (χ0v) is 11.7.